The first kappa shape index (κ1) is 19.5. The normalized spacial score (nSPS) is 10.7. The number of para-hydroxylation sites is 1. The molecule has 0 bridgehead atoms. The van der Waals surface area contributed by atoms with Gasteiger partial charge in [0.2, 0.25) is 0 Å². The van der Waals surface area contributed by atoms with Crippen molar-refractivity contribution in [3.63, 3.8) is 0 Å². The Bertz CT molecular complexity index is 884. The predicted octanol–water partition coefficient (Wildman–Crippen LogP) is 3.82. The van der Waals surface area contributed by atoms with Crippen LogP contribution in [0.5, 0.6) is 0 Å². The zero-order valence-corrected chi connectivity index (χ0v) is 16.2. The molecule has 0 aliphatic rings. The van der Waals surface area contributed by atoms with Crippen LogP contribution >= 0.6 is 0 Å². The molecule has 6 nitrogen and oxygen atoms in total. The van der Waals surface area contributed by atoms with Crippen molar-refractivity contribution in [2.75, 3.05) is 37.4 Å². The summed E-state index contributed by atoms with van der Waals surface area (Å²) in [5.41, 5.74) is 2.28. The van der Waals surface area contributed by atoms with Crippen LogP contribution in [-0.4, -0.2) is 48.0 Å². The van der Waals surface area contributed by atoms with Crippen molar-refractivity contribution in [3.05, 3.63) is 78.8 Å². The zero-order valence-electron chi connectivity index (χ0n) is 16.2. The first-order chi connectivity index (χ1) is 13.6. The minimum atomic E-state index is -0.182. The lowest BCUT2D eigenvalue weighted by atomic mass is 10.2. The van der Waals surface area contributed by atoms with Crippen molar-refractivity contribution < 1.29 is 4.79 Å². The number of hydrogen-bond acceptors (Lipinski definition) is 5. The zero-order chi connectivity index (χ0) is 19.8. The number of amides is 1. The van der Waals surface area contributed by atoms with Gasteiger partial charge in [-0.05, 0) is 63.5 Å². The minimum Gasteiger partial charge on any atom is -0.325 e. The quantitative estimate of drug-likeness (QED) is 0.649. The van der Waals surface area contributed by atoms with E-state index in [0.717, 1.165) is 31.0 Å². The van der Waals surface area contributed by atoms with Gasteiger partial charge < -0.3 is 15.1 Å². The molecule has 0 spiro atoms. The Kier molecular flexibility index (Phi) is 6.70. The predicted molar refractivity (Wildman–Crippen MR) is 113 cm³/mol. The molecule has 3 aromatic rings. The summed E-state index contributed by atoms with van der Waals surface area (Å²) in [6, 6.07) is 17.2. The number of benzene rings is 1. The third-order valence-electron chi connectivity index (χ3n) is 4.29. The summed E-state index contributed by atoms with van der Waals surface area (Å²) in [5, 5.41) is 2.99. The summed E-state index contributed by atoms with van der Waals surface area (Å²) in [5.74, 6) is 0.549. The number of carbonyl (C=O) groups is 1. The average Bonchev–Trinajstić information content (AvgIpc) is 2.73. The summed E-state index contributed by atoms with van der Waals surface area (Å²) in [4.78, 5) is 25.5. The molecule has 0 atom stereocenters. The standard InChI is InChI=1S/C22H25N5O/c1-26(2)16-7-17-27(19-8-4-3-5-9-19)21-20(10-6-13-24-21)25-22(28)18-11-14-23-15-12-18/h3-6,8-15H,7,16-17H2,1-2H3,(H,25,28). The van der Waals surface area contributed by atoms with E-state index < -0.39 is 0 Å². The molecule has 6 heteroatoms. The number of hydrogen-bond donors (Lipinski definition) is 1. The van der Waals surface area contributed by atoms with Crippen molar-refractivity contribution in [1.82, 2.24) is 14.9 Å². The average molecular weight is 375 g/mol. The maximum atomic E-state index is 12.6. The fourth-order valence-corrected chi connectivity index (χ4v) is 2.92. The molecule has 0 unspecified atom stereocenters. The largest absolute Gasteiger partial charge is 0.325 e. The van der Waals surface area contributed by atoms with Gasteiger partial charge in [0.1, 0.15) is 0 Å². The monoisotopic (exact) mass is 375 g/mol. The van der Waals surface area contributed by atoms with Crippen molar-refractivity contribution >= 4 is 23.1 Å². The molecule has 0 fully saturated rings. The van der Waals surface area contributed by atoms with Crippen LogP contribution in [0.15, 0.2) is 73.2 Å². The molecule has 2 aromatic heterocycles. The Labute approximate surface area is 165 Å². The Morgan fingerprint density at radius 1 is 0.929 bits per heavy atom. The molecule has 1 N–H and O–H groups in total. The van der Waals surface area contributed by atoms with E-state index in [9.17, 15) is 4.79 Å². The van der Waals surface area contributed by atoms with E-state index in [4.69, 9.17) is 0 Å². The van der Waals surface area contributed by atoms with Crippen molar-refractivity contribution in [1.29, 1.82) is 0 Å². The van der Waals surface area contributed by atoms with Gasteiger partial charge in [0.05, 0.1) is 5.69 Å². The molecule has 0 saturated carbocycles. The lowest BCUT2D eigenvalue weighted by Gasteiger charge is -2.26. The second-order valence-corrected chi connectivity index (χ2v) is 6.71. The van der Waals surface area contributed by atoms with E-state index in [0.29, 0.717) is 11.3 Å². The molecule has 28 heavy (non-hydrogen) atoms. The second-order valence-electron chi connectivity index (χ2n) is 6.71. The maximum absolute atomic E-state index is 12.6. The SMILES string of the molecule is CN(C)CCCN(c1ccccc1)c1ncccc1NC(=O)c1ccncc1. The van der Waals surface area contributed by atoms with Gasteiger partial charge in [0.15, 0.2) is 5.82 Å². The summed E-state index contributed by atoms with van der Waals surface area (Å²) in [6.07, 6.45) is 5.93. The van der Waals surface area contributed by atoms with E-state index in [-0.39, 0.29) is 5.91 Å². The highest BCUT2D eigenvalue weighted by atomic mass is 16.1. The van der Waals surface area contributed by atoms with Crippen LogP contribution in [0.25, 0.3) is 0 Å². The Morgan fingerprint density at radius 3 is 2.39 bits per heavy atom. The van der Waals surface area contributed by atoms with E-state index >= 15 is 0 Å². The van der Waals surface area contributed by atoms with Crippen LogP contribution < -0.4 is 10.2 Å². The van der Waals surface area contributed by atoms with E-state index in [1.165, 1.54) is 0 Å². The van der Waals surface area contributed by atoms with Gasteiger partial charge >= 0.3 is 0 Å². The number of pyridine rings is 2. The molecular formula is C22H25N5O. The molecule has 1 amide bonds. The number of nitrogens with zero attached hydrogens (tertiary/aromatic N) is 4. The molecule has 1 aromatic carbocycles. The molecule has 144 valence electrons. The smallest absolute Gasteiger partial charge is 0.255 e. The highest BCUT2D eigenvalue weighted by Crippen LogP contribution is 2.30. The summed E-state index contributed by atoms with van der Waals surface area (Å²) in [6.45, 7) is 1.76. The van der Waals surface area contributed by atoms with Crippen LogP contribution in [0.3, 0.4) is 0 Å². The number of rotatable bonds is 8. The van der Waals surface area contributed by atoms with E-state index in [1.54, 1.807) is 30.7 Å². The number of carbonyl (C=O) groups excluding carboxylic acids is 1. The van der Waals surface area contributed by atoms with Gasteiger partial charge in [-0.1, -0.05) is 18.2 Å². The number of aromatic nitrogens is 2. The first-order valence-electron chi connectivity index (χ1n) is 9.29. The van der Waals surface area contributed by atoms with Gasteiger partial charge in [-0.2, -0.15) is 0 Å². The topological polar surface area (TPSA) is 61.4 Å². The van der Waals surface area contributed by atoms with Gasteiger partial charge in [-0.15, -0.1) is 0 Å². The molecule has 0 saturated heterocycles. The van der Waals surface area contributed by atoms with Crippen LogP contribution in [-0.2, 0) is 0 Å². The molecule has 0 aliphatic heterocycles. The van der Waals surface area contributed by atoms with Crippen molar-refractivity contribution in [2.45, 2.75) is 6.42 Å². The fourth-order valence-electron chi connectivity index (χ4n) is 2.92. The number of nitrogens with one attached hydrogen (secondary N) is 1. The van der Waals surface area contributed by atoms with Crippen molar-refractivity contribution in [3.8, 4) is 0 Å². The highest BCUT2D eigenvalue weighted by Gasteiger charge is 2.17. The lowest BCUT2D eigenvalue weighted by Crippen LogP contribution is -2.25. The fraction of sp³-hybridized carbons (Fsp3) is 0.227. The maximum Gasteiger partial charge on any atom is 0.255 e. The Hall–Kier alpha value is -3.25. The van der Waals surface area contributed by atoms with E-state index in [1.807, 2.05) is 30.3 Å². The molecule has 3 rings (SSSR count). The van der Waals surface area contributed by atoms with Crippen LogP contribution in [0.4, 0.5) is 17.2 Å². The van der Waals surface area contributed by atoms with Gasteiger partial charge in [-0.25, -0.2) is 4.98 Å². The van der Waals surface area contributed by atoms with Crippen LogP contribution in [0.1, 0.15) is 16.8 Å². The highest BCUT2D eigenvalue weighted by molar-refractivity contribution is 6.05. The number of anilines is 3. The lowest BCUT2D eigenvalue weighted by molar-refractivity contribution is 0.102. The van der Waals surface area contributed by atoms with Gasteiger partial charge in [-0.3, -0.25) is 9.78 Å². The van der Waals surface area contributed by atoms with Crippen LogP contribution in [0, 0.1) is 0 Å². The third kappa shape index (κ3) is 5.14. The van der Waals surface area contributed by atoms with Gasteiger partial charge in [0.25, 0.3) is 5.91 Å². The summed E-state index contributed by atoms with van der Waals surface area (Å²) >= 11 is 0. The first-order valence-corrected chi connectivity index (χ1v) is 9.29. The Balaban J connectivity index is 1.88. The molecule has 0 aliphatic carbocycles. The van der Waals surface area contributed by atoms with Crippen LogP contribution in [0.2, 0.25) is 0 Å². The third-order valence-corrected chi connectivity index (χ3v) is 4.29. The Morgan fingerprint density at radius 2 is 1.68 bits per heavy atom. The summed E-state index contributed by atoms with van der Waals surface area (Å²) < 4.78 is 0. The molecule has 0 radical (unpaired) electrons. The second kappa shape index (κ2) is 9.62. The minimum absolute atomic E-state index is 0.182. The van der Waals surface area contributed by atoms with Gasteiger partial charge in [0, 0.05) is 36.4 Å². The summed E-state index contributed by atoms with van der Waals surface area (Å²) in [7, 11) is 4.13. The van der Waals surface area contributed by atoms with Crippen molar-refractivity contribution in [2.24, 2.45) is 0 Å². The molecule has 2 heterocycles. The van der Waals surface area contributed by atoms with E-state index in [2.05, 4.69) is 51.3 Å². The molecular weight excluding hydrogens is 350 g/mol.